The molecule has 0 radical (unpaired) electrons. The van der Waals surface area contributed by atoms with Crippen molar-refractivity contribution in [2.24, 2.45) is 0 Å². The molecule has 0 amide bonds. The summed E-state index contributed by atoms with van der Waals surface area (Å²) in [7, 11) is -3.28. The van der Waals surface area contributed by atoms with Gasteiger partial charge in [0.15, 0.2) is 9.84 Å². The third-order valence-corrected chi connectivity index (χ3v) is 5.02. The summed E-state index contributed by atoms with van der Waals surface area (Å²) < 4.78 is 22.9. The van der Waals surface area contributed by atoms with Gasteiger partial charge in [-0.05, 0) is 29.1 Å². The maximum Gasteiger partial charge on any atom is 0.175 e. The molecule has 0 aliphatic carbocycles. The van der Waals surface area contributed by atoms with Crippen LogP contribution in [-0.4, -0.2) is 19.8 Å². The number of thiophene rings is 1. The van der Waals surface area contributed by atoms with Crippen molar-refractivity contribution in [2.75, 3.05) is 6.26 Å². The average Bonchev–Trinajstić information content (AvgIpc) is 2.73. The molecule has 1 aromatic heterocycles. The highest BCUT2D eigenvalue weighted by Gasteiger charge is 2.17. The van der Waals surface area contributed by atoms with E-state index in [1.54, 1.807) is 23.6 Å². The topological polar surface area (TPSA) is 54.4 Å². The van der Waals surface area contributed by atoms with E-state index in [2.05, 4.69) is 0 Å². The second-order valence-electron chi connectivity index (χ2n) is 3.88. The van der Waals surface area contributed by atoms with Gasteiger partial charge in [-0.15, -0.1) is 11.3 Å². The van der Waals surface area contributed by atoms with Crippen LogP contribution in [0, 0.1) is 0 Å². The van der Waals surface area contributed by atoms with Crippen molar-refractivity contribution in [3.05, 3.63) is 51.2 Å². The Morgan fingerprint density at radius 1 is 1.33 bits per heavy atom. The molecule has 0 saturated heterocycles. The van der Waals surface area contributed by atoms with Crippen LogP contribution in [0.25, 0.3) is 0 Å². The van der Waals surface area contributed by atoms with E-state index in [1.165, 1.54) is 23.5 Å². The molecule has 1 aromatic carbocycles. The van der Waals surface area contributed by atoms with Gasteiger partial charge in [-0.2, -0.15) is 0 Å². The van der Waals surface area contributed by atoms with Crippen LogP contribution in [0.5, 0.6) is 0 Å². The van der Waals surface area contributed by atoms with E-state index in [-0.39, 0.29) is 4.90 Å². The summed E-state index contributed by atoms with van der Waals surface area (Å²) in [5.41, 5.74) is 0.516. The van der Waals surface area contributed by atoms with E-state index in [0.717, 1.165) is 6.26 Å². The maximum atomic E-state index is 11.5. The van der Waals surface area contributed by atoms with Crippen LogP contribution in [0.3, 0.4) is 0 Å². The van der Waals surface area contributed by atoms with Crippen molar-refractivity contribution in [1.29, 1.82) is 0 Å². The lowest BCUT2D eigenvalue weighted by Crippen LogP contribution is -2.02. The summed E-state index contributed by atoms with van der Waals surface area (Å²) in [6.07, 6.45) is 0.232. The van der Waals surface area contributed by atoms with Gasteiger partial charge in [0.2, 0.25) is 0 Å². The minimum absolute atomic E-state index is 0.187. The molecular formula is C12H11ClO3S2. The van der Waals surface area contributed by atoms with E-state index in [0.29, 0.717) is 15.5 Å². The van der Waals surface area contributed by atoms with Gasteiger partial charge < -0.3 is 5.11 Å². The Morgan fingerprint density at radius 2 is 2.06 bits per heavy atom. The summed E-state index contributed by atoms with van der Waals surface area (Å²) in [5.74, 6) is 0. The molecule has 0 aliphatic rings. The second-order valence-corrected chi connectivity index (χ2v) is 7.25. The second kappa shape index (κ2) is 5.01. The van der Waals surface area contributed by atoms with Gasteiger partial charge >= 0.3 is 0 Å². The standard InChI is InChI=1S/C12H11ClO3S2/c1-18(15,16)9-4-2-3-8(7-9)11(14)12-10(13)5-6-17-12/h2-7,11,14H,1H3. The Hall–Kier alpha value is -0.880. The van der Waals surface area contributed by atoms with Crippen molar-refractivity contribution >= 4 is 32.8 Å². The van der Waals surface area contributed by atoms with Crippen molar-refractivity contribution < 1.29 is 13.5 Å². The molecule has 2 rings (SSSR count). The average molecular weight is 303 g/mol. The molecule has 3 nitrogen and oxygen atoms in total. The van der Waals surface area contributed by atoms with Gasteiger partial charge in [0, 0.05) is 6.26 Å². The molecule has 1 unspecified atom stereocenters. The van der Waals surface area contributed by atoms with E-state index in [9.17, 15) is 13.5 Å². The zero-order valence-electron chi connectivity index (χ0n) is 9.50. The van der Waals surface area contributed by atoms with Gasteiger partial charge in [-0.1, -0.05) is 23.7 Å². The minimum atomic E-state index is -3.28. The highest BCUT2D eigenvalue weighted by atomic mass is 35.5. The predicted octanol–water partition coefficient (Wildman–Crippen LogP) is 2.89. The Kier molecular flexibility index (Phi) is 3.77. The molecule has 0 spiro atoms. The molecule has 0 bridgehead atoms. The first-order chi connectivity index (χ1) is 8.39. The van der Waals surface area contributed by atoms with Crippen LogP contribution in [0.4, 0.5) is 0 Å². The van der Waals surface area contributed by atoms with Gasteiger partial charge in [0.1, 0.15) is 6.10 Å². The van der Waals surface area contributed by atoms with E-state index >= 15 is 0 Å². The Morgan fingerprint density at radius 3 is 2.61 bits per heavy atom. The Balaban J connectivity index is 2.44. The number of aliphatic hydroxyl groups is 1. The summed E-state index contributed by atoms with van der Waals surface area (Å²) in [5, 5.41) is 12.4. The number of halogens is 1. The smallest absolute Gasteiger partial charge is 0.175 e. The first-order valence-corrected chi connectivity index (χ1v) is 8.25. The monoisotopic (exact) mass is 302 g/mol. The summed E-state index contributed by atoms with van der Waals surface area (Å²) in [6, 6.07) is 7.95. The number of sulfone groups is 1. The summed E-state index contributed by atoms with van der Waals surface area (Å²) in [6.45, 7) is 0. The molecule has 1 heterocycles. The molecule has 6 heteroatoms. The number of aliphatic hydroxyl groups excluding tert-OH is 1. The first kappa shape index (κ1) is 13.5. The number of rotatable bonds is 3. The fourth-order valence-corrected chi connectivity index (χ4v) is 3.41. The fraction of sp³-hybridized carbons (Fsp3) is 0.167. The van der Waals surface area contributed by atoms with Crippen LogP contribution in [0.15, 0.2) is 40.6 Å². The third-order valence-electron chi connectivity index (χ3n) is 2.50. The van der Waals surface area contributed by atoms with E-state index < -0.39 is 15.9 Å². The van der Waals surface area contributed by atoms with Gasteiger partial charge in [0.05, 0.1) is 14.8 Å². The Bertz CT molecular complexity index is 661. The highest BCUT2D eigenvalue weighted by Crippen LogP contribution is 2.33. The van der Waals surface area contributed by atoms with Crippen LogP contribution in [-0.2, 0) is 9.84 Å². The molecule has 1 atom stereocenters. The molecule has 2 aromatic rings. The summed E-state index contributed by atoms with van der Waals surface area (Å²) >= 11 is 7.28. The molecule has 18 heavy (non-hydrogen) atoms. The number of hydrogen-bond donors (Lipinski definition) is 1. The third kappa shape index (κ3) is 2.75. The van der Waals surface area contributed by atoms with Crippen LogP contribution >= 0.6 is 22.9 Å². The van der Waals surface area contributed by atoms with Crippen molar-refractivity contribution in [3.63, 3.8) is 0 Å². The highest BCUT2D eigenvalue weighted by molar-refractivity contribution is 7.90. The normalized spacial score (nSPS) is 13.5. The van der Waals surface area contributed by atoms with Crippen molar-refractivity contribution in [3.8, 4) is 0 Å². The molecule has 0 saturated carbocycles. The van der Waals surface area contributed by atoms with Crippen LogP contribution in [0.1, 0.15) is 16.5 Å². The van der Waals surface area contributed by atoms with Crippen molar-refractivity contribution in [1.82, 2.24) is 0 Å². The van der Waals surface area contributed by atoms with Crippen LogP contribution in [0.2, 0.25) is 5.02 Å². The Labute approximate surface area is 115 Å². The zero-order valence-corrected chi connectivity index (χ0v) is 11.9. The fourth-order valence-electron chi connectivity index (χ4n) is 1.57. The van der Waals surface area contributed by atoms with Gasteiger partial charge in [-0.25, -0.2) is 8.42 Å². The van der Waals surface area contributed by atoms with Crippen molar-refractivity contribution in [2.45, 2.75) is 11.0 Å². The molecule has 1 N–H and O–H groups in total. The first-order valence-electron chi connectivity index (χ1n) is 5.10. The minimum Gasteiger partial charge on any atom is -0.383 e. The van der Waals surface area contributed by atoms with Gasteiger partial charge in [-0.3, -0.25) is 0 Å². The van der Waals surface area contributed by atoms with Gasteiger partial charge in [0.25, 0.3) is 0 Å². The largest absolute Gasteiger partial charge is 0.383 e. The lowest BCUT2D eigenvalue weighted by molar-refractivity contribution is 0.224. The lowest BCUT2D eigenvalue weighted by atomic mass is 10.1. The molecule has 0 aliphatic heterocycles. The lowest BCUT2D eigenvalue weighted by Gasteiger charge is -2.11. The summed E-state index contributed by atoms with van der Waals surface area (Å²) in [4.78, 5) is 0.800. The molecular weight excluding hydrogens is 292 g/mol. The molecule has 0 fully saturated rings. The zero-order chi connectivity index (χ0) is 13.3. The predicted molar refractivity (Wildman–Crippen MR) is 72.9 cm³/mol. The quantitative estimate of drug-likeness (QED) is 0.948. The number of hydrogen-bond acceptors (Lipinski definition) is 4. The maximum absolute atomic E-state index is 11.5. The molecule has 96 valence electrons. The number of benzene rings is 1. The van der Waals surface area contributed by atoms with E-state index in [4.69, 9.17) is 11.6 Å². The van der Waals surface area contributed by atoms with Crippen LogP contribution < -0.4 is 0 Å². The SMILES string of the molecule is CS(=O)(=O)c1cccc(C(O)c2sccc2Cl)c1. The van der Waals surface area contributed by atoms with E-state index in [1.807, 2.05) is 0 Å².